The van der Waals surface area contributed by atoms with Crippen molar-refractivity contribution in [3.63, 3.8) is 0 Å². The van der Waals surface area contributed by atoms with E-state index in [4.69, 9.17) is 0 Å². The summed E-state index contributed by atoms with van der Waals surface area (Å²) in [5.74, 6) is 1.45. The molecular formula is C12H11FN2OS. The van der Waals surface area contributed by atoms with E-state index in [1.165, 1.54) is 6.07 Å². The zero-order valence-corrected chi connectivity index (χ0v) is 9.81. The van der Waals surface area contributed by atoms with Gasteiger partial charge in [-0.25, -0.2) is 4.39 Å². The maximum Gasteiger partial charge on any atom is 0.268 e. The molecule has 3 rings (SSSR count). The second-order valence-electron chi connectivity index (χ2n) is 4.09. The van der Waals surface area contributed by atoms with E-state index >= 15 is 0 Å². The van der Waals surface area contributed by atoms with Gasteiger partial charge in [0.1, 0.15) is 11.5 Å². The van der Waals surface area contributed by atoms with Crippen LogP contribution in [0.3, 0.4) is 0 Å². The number of aromatic amines is 1. The summed E-state index contributed by atoms with van der Waals surface area (Å²) in [4.78, 5) is 14.8. The first-order valence-corrected chi connectivity index (χ1v) is 6.55. The van der Waals surface area contributed by atoms with Crippen molar-refractivity contribution in [2.75, 3.05) is 11.5 Å². The summed E-state index contributed by atoms with van der Waals surface area (Å²) < 4.78 is 13.4. The van der Waals surface area contributed by atoms with E-state index in [9.17, 15) is 9.18 Å². The molecule has 0 radical (unpaired) electrons. The molecule has 1 fully saturated rings. The Bertz CT molecular complexity index is 577. The predicted octanol–water partition coefficient (Wildman–Crippen LogP) is 2.15. The highest BCUT2D eigenvalue weighted by atomic mass is 32.2. The Labute approximate surface area is 102 Å². The van der Waals surface area contributed by atoms with Gasteiger partial charge >= 0.3 is 0 Å². The first kappa shape index (κ1) is 10.7. The molecule has 1 aliphatic heterocycles. The Morgan fingerprint density at radius 1 is 1.47 bits per heavy atom. The Hall–Kier alpha value is -1.49. The molecule has 5 heteroatoms. The zero-order valence-electron chi connectivity index (χ0n) is 9.00. The Kier molecular flexibility index (Phi) is 2.55. The van der Waals surface area contributed by atoms with Crippen molar-refractivity contribution in [2.24, 2.45) is 0 Å². The van der Waals surface area contributed by atoms with Crippen LogP contribution in [0.2, 0.25) is 0 Å². The maximum atomic E-state index is 13.4. The molecule has 2 aromatic rings. The van der Waals surface area contributed by atoms with Gasteiger partial charge in [0.05, 0.1) is 0 Å². The molecule has 1 aromatic carbocycles. The van der Waals surface area contributed by atoms with Gasteiger partial charge in [0.2, 0.25) is 0 Å². The third-order valence-corrected chi connectivity index (χ3v) is 4.10. The highest BCUT2D eigenvalue weighted by molar-refractivity contribution is 8.00. The topological polar surface area (TPSA) is 44.9 Å². The molecule has 1 amide bonds. The summed E-state index contributed by atoms with van der Waals surface area (Å²) in [6, 6.07) is 6.59. The van der Waals surface area contributed by atoms with Crippen LogP contribution in [-0.2, 0) is 0 Å². The molecular weight excluding hydrogens is 239 g/mol. The van der Waals surface area contributed by atoms with Crippen LogP contribution in [0, 0.1) is 5.82 Å². The van der Waals surface area contributed by atoms with Gasteiger partial charge in [-0.3, -0.25) is 4.79 Å². The molecule has 2 heterocycles. The molecule has 0 aliphatic carbocycles. The number of amides is 1. The van der Waals surface area contributed by atoms with Crippen LogP contribution in [0.25, 0.3) is 10.9 Å². The Morgan fingerprint density at radius 3 is 2.94 bits per heavy atom. The van der Waals surface area contributed by atoms with Crippen molar-refractivity contribution in [2.45, 2.75) is 6.04 Å². The molecule has 2 N–H and O–H groups in total. The van der Waals surface area contributed by atoms with Crippen molar-refractivity contribution < 1.29 is 9.18 Å². The van der Waals surface area contributed by atoms with Crippen LogP contribution in [0.15, 0.2) is 24.3 Å². The first-order valence-electron chi connectivity index (χ1n) is 5.40. The standard InChI is InChI=1S/C12H11FN2OS/c13-9-2-1-3-10-8(9)4-11(15-10)12(16)14-7-5-17-6-7/h1-4,7,15H,5-6H2,(H,14,16). The highest BCUT2D eigenvalue weighted by Gasteiger charge is 2.21. The van der Waals surface area contributed by atoms with E-state index in [2.05, 4.69) is 10.3 Å². The van der Waals surface area contributed by atoms with Crippen LogP contribution in [-0.4, -0.2) is 28.4 Å². The van der Waals surface area contributed by atoms with Gasteiger partial charge in [-0.1, -0.05) is 6.07 Å². The second-order valence-corrected chi connectivity index (χ2v) is 5.17. The lowest BCUT2D eigenvalue weighted by Crippen LogP contribution is -2.43. The van der Waals surface area contributed by atoms with E-state index in [-0.39, 0.29) is 17.8 Å². The summed E-state index contributed by atoms with van der Waals surface area (Å²) >= 11 is 1.80. The molecule has 17 heavy (non-hydrogen) atoms. The van der Waals surface area contributed by atoms with Gasteiger partial charge in [0.25, 0.3) is 5.91 Å². The molecule has 1 aliphatic rings. The van der Waals surface area contributed by atoms with Crippen LogP contribution in [0.4, 0.5) is 4.39 Å². The van der Waals surface area contributed by atoms with Crippen LogP contribution in [0.5, 0.6) is 0 Å². The summed E-state index contributed by atoms with van der Waals surface area (Å²) in [7, 11) is 0. The minimum Gasteiger partial charge on any atom is -0.350 e. The predicted molar refractivity (Wildman–Crippen MR) is 66.8 cm³/mol. The van der Waals surface area contributed by atoms with Crippen molar-refractivity contribution in [3.05, 3.63) is 35.8 Å². The average molecular weight is 250 g/mol. The number of aromatic nitrogens is 1. The minimum absolute atomic E-state index is 0.161. The van der Waals surface area contributed by atoms with E-state index in [1.54, 1.807) is 30.0 Å². The number of hydrogen-bond acceptors (Lipinski definition) is 2. The quantitative estimate of drug-likeness (QED) is 0.857. The third kappa shape index (κ3) is 1.91. The number of fused-ring (bicyclic) bond motifs is 1. The van der Waals surface area contributed by atoms with Gasteiger partial charge in [0, 0.05) is 28.5 Å². The summed E-state index contributed by atoms with van der Waals surface area (Å²) in [6.45, 7) is 0. The van der Waals surface area contributed by atoms with Crippen molar-refractivity contribution in [1.82, 2.24) is 10.3 Å². The molecule has 0 atom stereocenters. The van der Waals surface area contributed by atoms with Crippen LogP contribution in [0.1, 0.15) is 10.5 Å². The zero-order chi connectivity index (χ0) is 11.8. The van der Waals surface area contributed by atoms with Crippen molar-refractivity contribution >= 4 is 28.6 Å². The number of halogens is 1. The number of carbonyl (C=O) groups is 1. The van der Waals surface area contributed by atoms with E-state index in [1.807, 2.05) is 0 Å². The number of hydrogen-bond donors (Lipinski definition) is 2. The van der Waals surface area contributed by atoms with Crippen molar-refractivity contribution in [1.29, 1.82) is 0 Å². The van der Waals surface area contributed by atoms with E-state index in [0.29, 0.717) is 16.6 Å². The fourth-order valence-electron chi connectivity index (χ4n) is 1.82. The normalized spacial score (nSPS) is 15.8. The fraction of sp³-hybridized carbons (Fsp3) is 0.250. The largest absolute Gasteiger partial charge is 0.350 e. The number of carbonyl (C=O) groups excluding carboxylic acids is 1. The molecule has 0 saturated carbocycles. The molecule has 0 bridgehead atoms. The Balaban J connectivity index is 1.89. The van der Waals surface area contributed by atoms with Gasteiger partial charge in [-0.15, -0.1) is 0 Å². The number of benzene rings is 1. The SMILES string of the molecule is O=C(NC1CSC1)c1cc2c(F)cccc2[nH]1. The minimum atomic E-state index is -0.308. The summed E-state index contributed by atoms with van der Waals surface area (Å²) in [6.07, 6.45) is 0. The summed E-state index contributed by atoms with van der Waals surface area (Å²) in [5.41, 5.74) is 1.07. The van der Waals surface area contributed by atoms with Crippen LogP contribution >= 0.6 is 11.8 Å². The third-order valence-electron chi connectivity index (χ3n) is 2.83. The van der Waals surface area contributed by atoms with Gasteiger partial charge in [-0.05, 0) is 18.2 Å². The van der Waals surface area contributed by atoms with Crippen molar-refractivity contribution in [3.8, 4) is 0 Å². The average Bonchev–Trinajstić information content (AvgIpc) is 2.68. The number of thioether (sulfide) groups is 1. The molecule has 1 aromatic heterocycles. The maximum absolute atomic E-state index is 13.4. The summed E-state index contributed by atoms with van der Waals surface area (Å²) in [5, 5.41) is 3.36. The smallest absolute Gasteiger partial charge is 0.268 e. The number of nitrogens with one attached hydrogen (secondary N) is 2. The lowest BCUT2D eigenvalue weighted by molar-refractivity contribution is 0.0938. The molecule has 1 saturated heterocycles. The molecule has 0 spiro atoms. The number of H-pyrrole nitrogens is 1. The fourth-order valence-corrected chi connectivity index (χ4v) is 2.46. The molecule has 3 nitrogen and oxygen atoms in total. The first-order chi connectivity index (χ1) is 8.24. The monoisotopic (exact) mass is 250 g/mol. The van der Waals surface area contributed by atoms with E-state index < -0.39 is 0 Å². The number of rotatable bonds is 2. The lowest BCUT2D eigenvalue weighted by Gasteiger charge is -2.25. The van der Waals surface area contributed by atoms with Crippen LogP contribution < -0.4 is 5.32 Å². The molecule has 88 valence electrons. The molecule has 0 unspecified atom stereocenters. The van der Waals surface area contributed by atoms with Gasteiger partial charge < -0.3 is 10.3 Å². The van der Waals surface area contributed by atoms with E-state index in [0.717, 1.165) is 11.5 Å². The Morgan fingerprint density at radius 2 is 2.29 bits per heavy atom. The highest BCUT2D eigenvalue weighted by Crippen LogP contribution is 2.20. The second kappa shape index (κ2) is 4.07. The lowest BCUT2D eigenvalue weighted by atomic mass is 10.2. The van der Waals surface area contributed by atoms with Gasteiger partial charge in [-0.2, -0.15) is 11.8 Å². The van der Waals surface area contributed by atoms with Gasteiger partial charge in [0.15, 0.2) is 0 Å².